The summed E-state index contributed by atoms with van der Waals surface area (Å²) in [6.45, 7) is 4.39. The molecule has 5 N–H and O–H groups in total. The Morgan fingerprint density at radius 1 is 0.977 bits per heavy atom. The summed E-state index contributed by atoms with van der Waals surface area (Å²) >= 11 is 0. The van der Waals surface area contributed by atoms with E-state index in [0.29, 0.717) is 54.6 Å². The standard InChI is InChI=1S/C31H36N6O7/c1-20-5-3-4-6-23(20)34-31(42)35-24-9-7-21(15-26(24)43-2)16-28(38)36-27-10-8-22(18-32-27)25(17-30(40)41)33-29(39)19-37-11-13-44-14-12-37/h3-10,15,18,25H,11-14,16-17,19H2,1-2H3,(H,33,39)(H,40,41)(H,32,36,38)(H2,34,35,42). The summed E-state index contributed by atoms with van der Waals surface area (Å²) < 4.78 is 10.7. The average molecular weight is 605 g/mol. The number of amides is 4. The van der Waals surface area contributed by atoms with Gasteiger partial charge in [-0.3, -0.25) is 19.3 Å². The van der Waals surface area contributed by atoms with E-state index in [1.165, 1.54) is 13.3 Å². The van der Waals surface area contributed by atoms with Crippen molar-refractivity contribution in [3.8, 4) is 5.75 Å². The van der Waals surface area contributed by atoms with E-state index in [9.17, 15) is 24.3 Å². The van der Waals surface area contributed by atoms with Crippen LogP contribution < -0.4 is 26.0 Å². The third-order valence-corrected chi connectivity index (χ3v) is 6.91. The Bertz CT molecular complexity index is 1470. The van der Waals surface area contributed by atoms with E-state index in [4.69, 9.17) is 9.47 Å². The molecule has 4 rings (SSSR count). The molecular formula is C31H36N6O7. The lowest BCUT2D eigenvalue weighted by molar-refractivity contribution is -0.137. The van der Waals surface area contributed by atoms with Gasteiger partial charge in [-0.25, -0.2) is 9.78 Å². The minimum absolute atomic E-state index is 0.00865. The number of morpholine rings is 1. The minimum Gasteiger partial charge on any atom is -0.495 e. The van der Waals surface area contributed by atoms with Crippen molar-refractivity contribution in [1.82, 2.24) is 15.2 Å². The van der Waals surface area contributed by atoms with Crippen LogP contribution >= 0.6 is 0 Å². The highest BCUT2D eigenvalue weighted by Crippen LogP contribution is 2.27. The Kier molecular flexibility index (Phi) is 11.2. The quantitative estimate of drug-likeness (QED) is 0.208. The summed E-state index contributed by atoms with van der Waals surface area (Å²) in [5.74, 6) is -1.05. The van der Waals surface area contributed by atoms with Crippen LogP contribution in [0.5, 0.6) is 5.75 Å². The number of hydrogen-bond acceptors (Lipinski definition) is 8. The summed E-state index contributed by atoms with van der Waals surface area (Å²) in [5.41, 5.74) is 3.19. The molecule has 1 atom stereocenters. The van der Waals surface area contributed by atoms with Crippen LogP contribution in [0.4, 0.5) is 22.0 Å². The average Bonchev–Trinajstić information content (AvgIpc) is 2.99. The second kappa shape index (κ2) is 15.5. The third kappa shape index (κ3) is 9.51. The number of aryl methyl sites for hydroxylation is 1. The number of nitrogens with one attached hydrogen (secondary N) is 4. The smallest absolute Gasteiger partial charge is 0.323 e. The number of ether oxygens (including phenoxy) is 2. The van der Waals surface area contributed by atoms with Crippen LogP contribution in [-0.2, 0) is 25.5 Å². The number of urea groups is 1. The SMILES string of the molecule is COc1cc(CC(=O)Nc2ccc(C(CC(=O)O)NC(=O)CN3CCOCC3)cn2)ccc1NC(=O)Nc1ccccc1C. The van der Waals surface area contributed by atoms with Gasteiger partial charge in [0.1, 0.15) is 11.6 Å². The summed E-state index contributed by atoms with van der Waals surface area (Å²) in [7, 11) is 1.47. The highest BCUT2D eigenvalue weighted by Gasteiger charge is 2.21. The van der Waals surface area contributed by atoms with Crippen LogP contribution in [0.25, 0.3) is 0 Å². The molecule has 1 saturated heterocycles. The minimum atomic E-state index is -1.07. The normalized spacial score (nSPS) is 13.8. The summed E-state index contributed by atoms with van der Waals surface area (Å²) in [6, 6.07) is 14.4. The molecule has 2 aromatic carbocycles. The number of pyridine rings is 1. The summed E-state index contributed by atoms with van der Waals surface area (Å²) in [5, 5.41) is 20.4. The first kappa shape index (κ1) is 31.9. The number of hydrogen-bond donors (Lipinski definition) is 5. The maximum atomic E-state index is 12.8. The zero-order chi connectivity index (χ0) is 31.5. The predicted molar refractivity (Wildman–Crippen MR) is 164 cm³/mol. The molecule has 1 aliphatic heterocycles. The number of rotatable bonds is 12. The van der Waals surface area contributed by atoms with Gasteiger partial charge in [0.2, 0.25) is 11.8 Å². The Hall–Kier alpha value is -5.01. The number of anilines is 3. The lowest BCUT2D eigenvalue weighted by Crippen LogP contribution is -2.44. The third-order valence-electron chi connectivity index (χ3n) is 6.91. The number of carbonyl (C=O) groups is 4. The van der Waals surface area contributed by atoms with Gasteiger partial charge >= 0.3 is 12.0 Å². The van der Waals surface area contributed by atoms with Gasteiger partial charge in [0, 0.05) is 25.0 Å². The molecule has 0 aliphatic carbocycles. The summed E-state index contributed by atoms with van der Waals surface area (Å²) in [6.07, 6.45) is 1.13. The van der Waals surface area contributed by atoms with Gasteiger partial charge in [0.05, 0.1) is 51.4 Å². The molecule has 1 aromatic heterocycles. The van der Waals surface area contributed by atoms with E-state index in [2.05, 4.69) is 26.3 Å². The van der Waals surface area contributed by atoms with Crippen molar-refractivity contribution < 1.29 is 33.8 Å². The number of carbonyl (C=O) groups excluding carboxylic acids is 3. The molecule has 0 saturated carbocycles. The maximum absolute atomic E-state index is 12.8. The van der Waals surface area contributed by atoms with Crippen LogP contribution in [0.3, 0.4) is 0 Å². The molecular weight excluding hydrogens is 568 g/mol. The van der Waals surface area contributed by atoms with Gasteiger partial charge in [-0.1, -0.05) is 30.3 Å². The van der Waals surface area contributed by atoms with Crippen molar-refractivity contribution >= 4 is 41.0 Å². The van der Waals surface area contributed by atoms with Gasteiger partial charge in [0.25, 0.3) is 0 Å². The topological polar surface area (TPSA) is 171 Å². The second-order valence-electron chi connectivity index (χ2n) is 10.2. The van der Waals surface area contributed by atoms with Crippen LogP contribution in [0.1, 0.15) is 29.2 Å². The van der Waals surface area contributed by atoms with Crippen molar-refractivity contribution in [1.29, 1.82) is 0 Å². The zero-order valence-corrected chi connectivity index (χ0v) is 24.6. The van der Waals surface area contributed by atoms with Gasteiger partial charge < -0.3 is 35.8 Å². The number of benzene rings is 2. The van der Waals surface area contributed by atoms with Gasteiger partial charge in [0.15, 0.2) is 0 Å². The van der Waals surface area contributed by atoms with E-state index in [1.807, 2.05) is 30.0 Å². The molecule has 13 heteroatoms. The number of para-hydroxylation sites is 1. The molecule has 3 aromatic rings. The lowest BCUT2D eigenvalue weighted by Gasteiger charge is -2.27. The Balaban J connectivity index is 1.32. The molecule has 0 spiro atoms. The predicted octanol–water partition coefficient (Wildman–Crippen LogP) is 3.19. The molecule has 4 amide bonds. The van der Waals surface area contributed by atoms with Crippen LogP contribution in [0, 0.1) is 6.92 Å². The number of carboxylic acids is 1. The van der Waals surface area contributed by atoms with E-state index >= 15 is 0 Å². The number of carboxylic acid groups (broad SMARTS) is 1. The number of aromatic nitrogens is 1. The molecule has 13 nitrogen and oxygen atoms in total. The van der Waals surface area contributed by atoms with Crippen molar-refractivity contribution in [3.05, 3.63) is 77.5 Å². The largest absolute Gasteiger partial charge is 0.495 e. The van der Waals surface area contributed by atoms with E-state index < -0.39 is 18.0 Å². The van der Waals surface area contributed by atoms with Crippen LogP contribution in [-0.4, -0.2) is 78.8 Å². The first-order chi connectivity index (χ1) is 21.2. The lowest BCUT2D eigenvalue weighted by atomic mass is 10.1. The Labute approximate surface area is 254 Å². The highest BCUT2D eigenvalue weighted by molar-refractivity contribution is 6.01. The highest BCUT2D eigenvalue weighted by atomic mass is 16.5. The van der Waals surface area contributed by atoms with Gasteiger partial charge in [-0.05, 0) is 47.9 Å². The van der Waals surface area contributed by atoms with E-state index in [1.54, 1.807) is 36.4 Å². The van der Waals surface area contributed by atoms with Crippen molar-refractivity contribution in [3.63, 3.8) is 0 Å². The van der Waals surface area contributed by atoms with E-state index in [0.717, 1.165) is 5.56 Å². The van der Waals surface area contributed by atoms with E-state index in [-0.39, 0.29) is 37.0 Å². The fourth-order valence-corrected chi connectivity index (χ4v) is 4.62. The molecule has 1 unspecified atom stereocenters. The fraction of sp³-hybridized carbons (Fsp3) is 0.323. The Morgan fingerprint density at radius 2 is 1.73 bits per heavy atom. The van der Waals surface area contributed by atoms with Gasteiger partial charge in [-0.2, -0.15) is 0 Å². The molecule has 2 heterocycles. The first-order valence-electron chi connectivity index (χ1n) is 14.1. The molecule has 232 valence electrons. The molecule has 0 bridgehead atoms. The second-order valence-corrected chi connectivity index (χ2v) is 10.2. The molecule has 0 radical (unpaired) electrons. The molecule has 44 heavy (non-hydrogen) atoms. The summed E-state index contributed by atoms with van der Waals surface area (Å²) in [4.78, 5) is 55.5. The molecule has 1 fully saturated rings. The van der Waals surface area contributed by atoms with Crippen molar-refractivity contribution in [2.45, 2.75) is 25.8 Å². The van der Waals surface area contributed by atoms with Crippen molar-refractivity contribution in [2.75, 3.05) is 55.9 Å². The van der Waals surface area contributed by atoms with Crippen molar-refractivity contribution in [2.24, 2.45) is 0 Å². The first-order valence-corrected chi connectivity index (χ1v) is 14.1. The van der Waals surface area contributed by atoms with Gasteiger partial charge in [-0.15, -0.1) is 0 Å². The molecule has 1 aliphatic rings. The fourth-order valence-electron chi connectivity index (χ4n) is 4.62. The Morgan fingerprint density at radius 3 is 2.41 bits per heavy atom. The maximum Gasteiger partial charge on any atom is 0.323 e. The zero-order valence-electron chi connectivity index (χ0n) is 24.6. The van der Waals surface area contributed by atoms with Crippen LogP contribution in [0.15, 0.2) is 60.8 Å². The number of nitrogens with zero attached hydrogens (tertiary/aromatic N) is 2. The monoisotopic (exact) mass is 604 g/mol. The van der Waals surface area contributed by atoms with Crippen LogP contribution in [0.2, 0.25) is 0 Å². The number of aliphatic carboxylic acids is 1. The number of methoxy groups -OCH3 is 1.